The molecule has 0 saturated carbocycles. The van der Waals surface area contributed by atoms with Crippen LogP contribution >= 0.6 is 11.3 Å². The molecule has 1 saturated heterocycles. The van der Waals surface area contributed by atoms with Gasteiger partial charge in [-0.3, -0.25) is 4.79 Å². The molecule has 1 unspecified atom stereocenters. The van der Waals surface area contributed by atoms with Gasteiger partial charge >= 0.3 is 0 Å². The van der Waals surface area contributed by atoms with Crippen LogP contribution in [0.1, 0.15) is 30.0 Å². The second-order valence-corrected chi connectivity index (χ2v) is 8.31. The summed E-state index contributed by atoms with van der Waals surface area (Å²) in [5.74, 6) is 0.427. The molecule has 6 nitrogen and oxygen atoms in total. The average molecular weight is 415 g/mol. The highest BCUT2D eigenvalue weighted by Crippen LogP contribution is 2.31. The van der Waals surface area contributed by atoms with Crippen molar-refractivity contribution in [1.82, 2.24) is 15.0 Å². The topological polar surface area (TPSA) is 62.5 Å². The number of aromatic nitrogens is 2. The van der Waals surface area contributed by atoms with E-state index in [0.717, 1.165) is 24.1 Å². The number of aryl methyl sites for hydroxylation is 1. The summed E-state index contributed by atoms with van der Waals surface area (Å²) in [7, 11) is 1.81. The Hall–Kier alpha value is -2.74. The molecule has 0 aliphatic carbocycles. The van der Waals surface area contributed by atoms with Gasteiger partial charge in [-0.25, -0.2) is 4.39 Å². The number of piperidine rings is 1. The van der Waals surface area contributed by atoms with Crippen molar-refractivity contribution in [2.24, 2.45) is 0 Å². The Morgan fingerprint density at radius 1 is 1.38 bits per heavy atom. The van der Waals surface area contributed by atoms with E-state index in [4.69, 9.17) is 4.52 Å². The van der Waals surface area contributed by atoms with Gasteiger partial charge in [-0.05, 0) is 48.9 Å². The van der Waals surface area contributed by atoms with Crippen LogP contribution in [0.3, 0.4) is 0 Å². The first-order valence-electron chi connectivity index (χ1n) is 9.67. The van der Waals surface area contributed by atoms with Gasteiger partial charge in [-0.15, -0.1) is 11.3 Å². The summed E-state index contributed by atoms with van der Waals surface area (Å²) in [6.45, 7) is 2.91. The van der Waals surface area contributed by atoms with Gasteiger partial charge < -0.3 is 14.3 Å². The molecule has 4 rings (SSSR count). The Morgan fingerprint density at radius 2 is 2.24 bits per heavy atom. The summed E-state index contributed by atoms with van der Waals surface area (Å²) in [6, 6.07) is 8.53. The first-order chi connectivity index (χ1) is 14.0. The summed E-state index contributed by atoms with van der Waals surface area (Å²) >= 11 is 1.63. The zero-order valence-corrected chi connectivity index (χ0v) is 17.3. The van der Waals surface area contributed by atoms with Gasteiger partial charge in [0.25, 0.3) is 0 Å². The van der Waals surface area contributed by atoms with Gasteiger partial charge in [-0.1, -0.05) is 11.2 Å². The number of carbonyl (C=O) groups is 1. The minimum absolute atomic E-state index is 0.0235. The molecule has 0 spiro atoms. The van der Waals surface area contributed by atoms with Crippen molar-refractivity contribution < 1.29 is 13.7 Å². The van der Waals surface area contributed by atoms with Crippen molar-refractivity contribution in [2.45, 2.75) is 38.8 Å². The molecule has 2 aromatic heterocycles. The normalized spacial score (nSPS) is 16.8. The van der Waals surface area contributed by atoms with E-state index < -0.39 is 0 Å². The number of rotatable bonds is 5. The van der Waals surface area contributed by atoms with Crippen LogP contribution in [0.25, 0.3) is 11.4 Å². The average Bonchev–Trinajstić information content (AvgIpc) is 3.39. The van der Waals surface area contributed by atoms with Crippen molar-refractivity contribution in [2.75, 3.05) is 18.5 Å². The van der Waals surface area contributed by atoms with Gasteiger partial charge in [0, 0.05) is 31.0 Å². The van der Waals surface area contributed by atoms with Gasteiger partial charge in [0.15, 0.2) is 0 Å². The number of amides is 1. The third-order valence-electron chi connectivity index (χ3n) is 5.18. The fourth-order valence-electron chi connectivity index (χ4n) is 3.74. The zero-order valence-electron chi connectivity index (χ0n) is 16.5. The van der Waals surface area contributed by atoms with Crippen LogP contribution in [0.5, 0.6) is 0 Å². The minimum Gasteiger partial charge on any atom is -0.357 e. The molecule has 1 atom stereocenters. The minimum atomic E-state index is -0.384. The van der Waals surface area contributed by atoms with Crippen molar-refractivity contribution in [1.29, 1.82) is 0 Å². The summed E-state index contributed by atoms with van der Waals surface area (Å²) in [4.78, 5) is 22.1. The zero-order chi connectivity index (χ0) is 20.4. The fourth-order valence-corrected chi connectivity index (χ4v) is 4.50. The van der Waals surface area contributed by atoms with Gasteiger partial charge in [0.05, 0.1) is 12.2 Å². The summed E-state index contributed by atoms with van der Waals surface area (Å²) in [6.07, 6.45) is 2.62. The number of anilines is 1. The maximum Gasteiger partial charge on any atom is 0.245 e. The van der Waals surface area contributed by atoms with Crippen LogP contribution in [-0.4, -0.2) is 40.6 Å². The van der Waals surface area contributed by atoms with E-state index in [-0.39, 0.29) is 17.8 Å². The van der Waals surface area contributed by atoms with E-state index >= 15 is 4.39 Å². The molecule has 1 amide bonds. The molecule has 1 aliphatic heterocycles. The second-order valence-electron chi connectivity index (χ2n) is 7.28. The fraction of sp³-hybridized carbons (Fsp3) is 0.381. The van der Waals surface area contributed by atoms with E-state index in [2.05, 4.69) is 10.1 Å². The van der Waals surface area contributed by atoms with Crippen molar-refractivity contribution in [3.63, 3.8) is 0 Å². The standard InChI is InChI=1S/C21H23FN4O2S/c1-14-23-20(24-28-14)15-8-9-18(17(22)12-15)26-10-4-3-7-19(26)21(27)25(2)13-16-6-5-11-29-16/h5-6,8-9,11-12,19H,3-4,7,10,13H2,1-2H3. The van der Waals surface area contributed by atoms with Crippen LogP contribution in [-0.2, 0) is 11.3 Å². The number of thiophene rings is 1. The highest BCUT2D eigenvalue weighted by molar-refractivity contribution is 7.09. The summed E-state index contributed by atoms with van der Waals surface area (Å²) < 4.78 is 20.0. The summed E-state index contributed by atoms with van der Waals surface area (Å²) in [5, 5.41) is 5.85. The molecule has 0 bridgehead atoms. The highest BCUT2D eigenvalue weighted by atomic mass is 32.1. The van der Waals surface area contributed by atoms with Crippen molar-refractivity contribution in [3.05, 3.63) is 52.3 Å². The molecule has 1 aromatic carbocycles. The maximum absolute atomic E-state index is 15.0. The van der Waals surface area contributed by atoms with Crippen LogP contribution < -0.4 is 4.90 Å². The largest absolute Gasteiger partial charge is 0.357 e. The number of carbonyl (C=O) groups excluding carboxylic acids is 1. The Labute approximate surface area is 172 Å². The molecule has 29 heavy (non-hydrogen) atoms. The lowest BCUT2D eigenvalue weighted by molar-refractivity contribution is -0.132. The maximum atomic E-state index is 15.0. The van der Waals surface area contributed by atoms with Crippen LogP contribution in [0.2, 0.25) is 0 Å². The third-order valence-corrected chi connectivity index (χ3v) is 6.04. The molecule has 3 aromatic rings. The number of hydrogen-bond donors (Lipinski definition) is 0. The van der Waals surface area contributed by atoms with Gasteiger partial charge in [0.2, 0.25) is 17.6 Å². The molecule has 0 radical (unpaired) electrons. The van der Waals surface area contributed by atoms with Gasteiger partial charge in [0.1, 0.15) is 11.9 Å². The van der Waals surface area contributed by atoms with E-state index in [0.29, 0.717) is 36.1 Å². The molecular weight excluding hydrogens is 391 g/mol. The number of benzene rings is 1. The number of nitrogens with zero attached hydrogens (tertiary/aromatic N) is 4. The van der Waals surface area contributed by atoms with Crippen LogP contribution in [0, 0.1) is 12.7 Å². The Balaban J connectivity index is 1.56. The lowest BCUT2D eigenvalue weighted by Gasteiger charge is -2.38. The summed E-state index contributed by atoms with van der Waals surface area (Å²) in [5.41, 5.74) is 0.995. The van der Waals surface area contributed by atoms with Crippen molar-refractivity contribution in [3.8, 4) is 11.4 Å². The first-order valence-corrected chi connectivity index (χ1v) is 10.5. The predicted molar refractivity (Wildman–Crippen MR) is 110 cm³/mol. The third kappa shape index (κ3) is 4.17. The Kier molecular flexibility index (Phi) is 5.62. The van der Waals surface area contributed by atoms with Gasteiger partial charge in [-0.2, -0.15) is 4.98 Å². The molecular formula is C21H23FN4O2S. The molecule has 1 fully saturated rings. The number of likely N-dealkylation sites (N-methyl/N-ethyl adjacent to an activating group) is 1. The molecule has 8 heteroatoms. The lowest BCUT2D eigenvalue weighted by atomic mass is 9.99. The SMILES string of the molecule is Cc1nc(-c2ccc(N3CCCCC3C(=O)N(C)Cc3cccs3)c(F)c2)no1. The van der Waals surface area contributed by atoms with E-state index in [1.165, 1.54) is 6.07 Å². The van der Waals surface area contributed by atoms with E-state index in [1.54, 1.807) is 35.3 Å². The monoisotopic (exact) mass is 414 g/mol. The van der Waals surface area contributed by atoms with Crippen molar-refractivity contribution >= 4 is 22.9 Å². The second kappa shape index (κ2) is 8.32. The van der Waals surface area contributed by atoms with Crippen LogP contribution in [0.15, 0.2) is 40.2 Å². The molecule has 1 aliphatic rings. The molecule has 3 heterocycles. The first kappa shape index (κ1) is 19.6. The number of halogens is 1. The van der Waals surface area contributed by atoms with Crippen LogP contribution in [0.4, 0.5) is 10.1 Å². The van der Waals surface area contributed by atoms with E-state index in [9.17, 15) is 4.79 Å². The molecule has 0 N–H and O–H groups in total. The lowest BCUT2D eigenvalue weighted by Crippen LogP contribution is -2.50. The number of hydrogen-bond acceptors (Lipinski definition) is 6. The Morgan fingerprint density at radius 3 is 2.93 bits per heavy atom. The Bertz CT molecular complexity index is 988. The van der Waals surface area contributed by atoms with E-state index in [1.807, 2.05) is 29.5 Å². The molecule has 152 valence electrons. The predicted octanol–water partition coefficient (Wildman–Crippen LogP) is 4.26. The highest BCUT2D eigenvalue weighted by Gasteiger charge is 2.32. The quantitative estimate of drug-likeness (QED) is 0.624. The smallest absolute Gasteiger partial charge is 0.245 e.